The summed E-state index contributed by atoms with van der Waals surface area (Å²) in [4.78, 5) is 0. The van der Waals surface area contributed by atoms with Crippen LogP contribution in [0.3, 0.4) is 0 Å². The summed E-state index contributed by atoms with van der Waals surface area (Å²) < 4.78 is 0. The highest BCUT2D eigenvalue weighted by molar-refractivity contribution is 4.81. The predicted octanol–water partition coefficient (Wildman–Crippen LogP) is 10.9. The predicted molar refractivity (Wildman–Crippen MR) is 131 cm³/mol. The summed E-state index contributed by atoms with van der Waals surface area (Å²) >= 11 is 0. The van der Waals surface area contributed by atoms with E-state index in [1.165, 1.54) is 154 Å². The van der Waals surface area contributed by atoms with E-state index >= 15 is 0 Å². The van der Waals surface area contributed by atoms with Crippen molar-refractivity contribution < 1.29 is 0 Å². The highest BCUT2D eigenvalue weighted by Gasteiger charge is 1.94. The topological polar surface area (TPSA) is 0 Å². The van der Waals surface area contributed by atoms with Gasteiger partial charge in [-0.3, -0.25) is 0 Å². The minimum Gasteiger partial charge on any atom is -0.0885 e. The van der Waals surface area contributed by atoms with Crippen LogP contribution in [-0.4, -0.2) is 0 Å². The van der Waals surface area contributed by atoms with E-state index in [0.29, 0.717) is 0 Å². The van der Waals surface area contributed by atoms with Gasteiger partial charge >= 0.3 is 0 Å². The molecule has 0 spiro atoms. The molecule has 168 valence electrons. The molecule has 0 atom stereocenters. The summed E-state index contributed by atoms with van der Waals surface area (Å²) in [6, 6.07) is 0. The molecule has 0 unspecified atom stereocenters. The molecule has 0 heterocycles. The molecule has 0 rings (SSSR count). The number of unbranched alkanes of at least 4 members (excludes halogenated alkanes) is 22. The zero-order valence-corrected chi connectivity index (χ0v) is 20.1. The molecule has 0 aliphatic carbocycles. The molecule has 28 heavy (non-hydrogen) atoms. The van der Waals surface area contributed by atoms with Gasteiger partial charge in [0.25, 0.3) is 0 Å². The highest BCUT2D eigenvalue weighted by atomic mass is 14.0. The van der Waals surface area contributed by atoms with E-state index in [-0.39, 0.29) is 0 Å². The highest BCUT2D eigenvalue weighted by Crippen LogP contribution is 2.14. The lowest BCUT2D eigenvalue weighted by molar-refractivity contribution is 0.540. The SMILES string of the molecule is CCCCCCCCCCCC=CCCCCCCCCCCCCCCC. The molecule has 0 nitrogen and oxygen atoms in total. The van der Waals surface area contributed by atoms with Crippen molar-refractivity contribution in [2.24, 2.45) is 0 Å². The van der Waals surface area contributed by atoms with Gasteiger partial charge in [0.05, 0.1) is 0 Å². The first-order chi connectivity index (χ1) is 13.9. The van der Waals surface area contributed by atoms with Crippen molar-refractivity contribution in [2.75, 3.05) is 0 Å². The van der Waals surface area contributed by atoms with Crippen LogP contribution in [0.2, 0.25) is 0 Å². The zero-order chi connectivity index (χ0) is 20.4. The summed E-state index contributed by atoms with van der Waals surface area (Å²) in [6.07, 6.45) is 39.4. The molecule has 0 aliphatic rings. The maximum Gasteiger partial charge on any atom is -0.0351 e. The molecular weight excluding hydrogens is 336 g/mol. The van der Waals surface area contributed by atoms with E-state index in [0.717, 1.165) is 0 Å². The zero-order valence-electron chi connectivity index (χ0n) is 20.1. The largest absolute Gasteiger partial charge is 0.0885 e. The lowest BCUT2D eigenvalue weighted by atomic mass is 10.0. The Morgan fingerprint density at radius 1 is 0.286 bits per heavy atom. The fraction of sp³-hybridized carbons (Fsp3) is 0.929. The monoisotopic (exact) mass is 392 g/mol. The second kappa shape index (κ2) is 26.7. The standard InChI is InChI=1S/C28H56/c1-3-5-7-9-11-13-15-17-19-21-23-25-27-28-26-24-22-20-18-16-14-12-10-8-6-4-2/h23,25H,3-22,24,26-28H2,1-2H3. The molecule has 0 N–H and O–H groups in total. The fourth-order valence-electron chi connectivity index (χ4n) is 4.09. The summed E-state index contributed by atoms with van der Waals surface area (Å²) in [5.74, 6) is 0. The van der Waals surface area contributed by atoms with Gasteiger partial charge in [0, 0.05) is 0 Å². The third-order valence-electron chi connectivity index (χ3n) is 6.12. The molecule has 0 fully saturated rings. The van der Waals surface area contributed by atoms with Crippen molar-refractivity contribution in [3.63, 3.8) is 0 Å². The van der Waals surface area contributed by atoms with E-state index in [9.17, 15) is 0 Å². The van der Waals surface area contributed by atoms with Crippen LogP contribution in [0.15, 0.2) is 12.2 Å². The molecule has 0 saturated heterocycles. The summed E-state index contributed by atoms with van der Waals surface area (Å²) in [5.41, 5.74) is 0. The number of rotatable bonds is 24. The minimum absolute atomic E-state index is 1.31. The van der Waals surface area contributed by atoms with Gasteiger partial charge in [-0.05, 0) is 25.7 Å². The van der Waals surface area contributed by atoms with E-state index < -0.39 is 0 Å². The smallest absolute Gasteiger partial charge is 0.0351 e. The maximum absolute atomic E-state index is 2.45. The third kappa shape index (κ3) is 25.7. The average Bonchev–Trinajstić information content (AvgIpc) is 2.71. The Bertz CT molecular complexity index is 278. The normalized spacial score (nSPS) is 11.6. The first kappa shape index (κ1) is 27.7. The van der Waals surface area contributed by atoms with Gasteiger partial charge in [-0.15, -0.1) is 0 Å². The Morgan fingerprint density at radius 2 is 0.500 bits per heavy atom. The first-order valence-electron chi connectivity index (χ1n) is 13.6. The maximum atomic E-state index is 2.45. The van der Waals surface area contributed by atoms with Crippen molar-refractivity contribution in [3.05, 3.63) is 12.2 Å². The van der Waals surface area contributed by atoms with Crippen molar-refractivity contribution in [1.29, 1.82) is 0 Å². The Balaban J connectivity index is 3.05. The Morgan fingerprint density at radius 3 is 0.750 bits per heavy atom. The number of hydrogen-bond donors (Lipinski definition) is 0. The molecular formula is C28H56. The van der Waals surface area contributed by atoms with Gasteiger partial charge in [-0.2, -0.15) is 0 Å². The molecule has 0 aromatic heterocycles. The van der Waals surface area contributed by atoms with Gasteiger partial charge in [0.2, 0.25) is 0 Å². The number of allylic oxidation sites excluding steroid dienone is 2. The molecule has 0 radical (unpaired) electrons. The van der Waals surface area contributed by atoms with Crippen LogP contribution < -0.4 is 0 Å². The summed E-state index contributed by atoms with van der Waals surface area (Å²) in [7, 11) is 0. The van der Waals surface area contributed by atoms with E-state index in [2.05, 4.69) is 26.0 Å². The van der Waals surface area contributed by atoms with Crippen molar-refractivity contribution in [3.8, 4) is 0 Å². The lowest BCUT2D eigenvalue weighted by Gasteiger charge is -2.02. The van der Waals surface area contributed by atoms with Crippen molar-refractivity contribution in [1.82, 2.24) is 0 Å². The van der Waals surface area contributed by atoms with Crippen LogP contribution in [0, 0.1) is 0 Å². The Kier molecular flexibility index (Phi) is 26.5. The van der Waals surface area contributed by atoms with Gasteiger partial charge in [0.1, 0.15) is 0 Å². The van der Waals surface area contributed by atoms with Gasteiger partial charge in [0.15, 0.2) is 0 Å². The van der Waals surface area contributed by atoms with Crippen molar-refractivity contribution in [2.45, 2.75) is 168 Å². The molecule has 0 saturated carbocycles. The van der Waals surface area contributed by atoms with E-state index in [1.54, 1.807) is 0 Å². The second-order valence-electron chi connectivity index (χ2n) is 9.12. The van der Waals surface area contributed by atoms with Gasteiger partial charge < -0.3 is 0 Å². The second-order valence-corrected chi connectivity index (χ2v) is 9.12. The minimum atomic E-state index is 1.31. The number of hydrogen-bond acceptors (Lipinski definition) is 0. The quantitative estimate of drug-likeness (QED) is 0.113. The summed E-state index contributed by atoms with van der Waals surface area (Å²) in [5, 5.41) is 0. The first-order valence-corrected chi connectivity index (χ1v) is 13.6. The van der Waals surface area contributed by atoms with E-state index in [4.69, 9.17) is 0 Å². The molecule has 0 aliphatic heterocycles. The molecule has 0 aromatic carbocycles. The van der Waals surface area contributed by atoms with Gasteiger partial charge in [-0.1, -0.05) is 154 Å². The van der Waals surface area contributed by atoms with E-state index in [1.807, 2.05) is 0 Å². The Hall–Kier alpha value is -0.260. The molecule has 0 amide bonds. The molecule has 0 bridgehead atoms. The van der Waals surface area contributed by atoms with Gasteiger partial charge in [-0.25, -0.2) is 0 Å². The Labute approximate surface area is 180 Å². The van der Waals surface area contributed by atoms with Crippen LogP contribution in [0.1, 0.15) is 168 Å². The molecule has 0 aromatic rings. The van der Waals surface area contributed by atoms with Crippen LogP contribution >= 0.6 is 0 Å². The van der Waals surface area contributed by atoms with Crippen LogP contribution in [0.5, 0.6) is 0 Å². The van der Waals surface area contributed by atoms with Crippen LogP contribution in [0.25, 0.3) is 0 Å². The van der Waals surface area contributed by atoms with Crippen LogP contribution in [-0.2, 0) is 0 Å². The average molecular weight is 393 g/mol. The molecule has 0 heteroatoms. The summed E-state index contributed by atoms with van der Waals surface area (Å²) in [6.45, 7) is 4.60. The van der Waals surface area contributed by atoms with Crippen LogP contribution in [0.4, 0.5) is 0 Å². The lowest BCUT2D eigenvalue weighted by Crippen LogP contribution is -1.83. The fourth-order valence-corrected chi connectivity index (χ4v) is 4.09. The third-order valence-corrected chi connectivity index (χ3v) is 6.12. The van der Waals surface area contributed by atoms with Crippen molar-refractivity contribution >= 4 is 0 Å².